The standard InChI is InChI=1S/C13H20N6O/c1-5-7-14-11-15-12(17-13(16-11)20-6-2)19-10(4)8-9(3)18-19/h8H,5-7H2,1-4H3,(H,14,15,16,17). The first-order valence-electron chi connectivity index (χ1n) is 6.80. The van der Waals surface area contributed by atoms with Crippen molar-refractivity contribution in [1.82, 2.24) is 24.7 Å². The Morgan fingerprint density at radius 2 is 2.00 bits per heavy atom. The first kappa shape index (κ1) is 14.2. The van der Waals surface area contributed by atoms with Gasteiger partial charge in [-0.1, -0.05) is 6.92 Å². The van der Waals surface area contributed by atoms with Gasteiger partial charge in [-0.15, -0.1) is 0 Å². The minimum Gasteiger partial charge on any atom is -0.464 e. The van der Waals surface area contributed by atoms with E-state index in [2.05, 4.69) is 32.3 Å². The maximum absolute atomic E-state index is 5.39. The molecule has 0 aliphatic heterocycles. The second-order valence-corrected chi connectivity index (χ2v) is 4.44. The van der Waals surface area contributed by atoms with E-state index in [0.717, 1.165) is 24.4 Å². The number of hydrogen-bond acceptors (Lipinski definition) is 6. The topological polar surface area (TPSA) is 77.8 Å². The number of anilines is 1. The van der Waals surface area contributed by atoms with Crippen molar-refractivity contribution >= 4 is 5.95 Å². The summed E-state index contributed by atoms with van der Waals surface area (Å²) in [5, 5.41) is 7.53. The van der Waals surface area contributed by atoms with Crippen LogP contribution in [0.15, 0.2) is 6.07 Å². The van der Waals surface area contributed by atoms with Crippen LogP contribution >= 0.6 is 0 Å². The third-order valence-corrected chi connectivity index (χ3v) is 2.61. The molecule has 0 bridgehead atoms. The highest BCUT2D eigenvalue weighted by Gasteiger charge is 2.11. The van der Waals surface area contributed by atoms with Gasteiger partial charge in [-0.25, -0.2) is 4.68 Å². The molecule has 0 saturated carbocycles. The predicted molar refractivity (Wildman–Crippen MR) is 76.4 cm³/mol. The molecule has 0 aliphatic carbocycles. The third kappa shape index (κ3) is 3.23. The Labute approximate surface area is 118 Å². The first-order valence-corrected chi connectivity index (χ1v) is 6.80. The highest BCUT2D eigenvalue weighted by molar-refractivity contribution is 5.31. The molecule has 0 aliphatic rings. The maximum atomic E-state index is 5.39. The van der Waals surface area contributed by atoms with Crippen LogP contribution in [0.4, 0.5) is 5.95 Å². The van der Waals surface area contributed by atoms with Crippen LogP contribution in [-0.4, -0.2) is 37.9 Å². The Bertz CT molecular complexity index is 580. The molecule has 0 aromatic carbocycles. The number of nitrogens with one attached hydrogen (secondary N) is 1. The van der Waals surface area contributed by atoms with Crippen molar-refractivity contribution in [1.29, 1.82) is 0 Å². The van der Waals surface area contributed by atoms with Gasteiger partial charge in [0.05, 0.1) is 12.3 Å². The van der Waals surface area contributed by atoms with E-state index in [4.69, 9.17) is 4.74 Å². The fraction of sp³-hybridized carbons (Fsp3) is 0.538. The molecule has 7 nitrogen and oxygen atoms in total. The van der Waals surface area contributed by atoms with Crippen LogP contribution in [0.1, 0.15) is 31.7 Å². The molecule has 20 heavy (non-hydrogen) atoms. The second-order valence-electron chi connectivity index (χ2n) is 4.44. The molecule has 2 aromatic heterocycles. The molecular weight excluding hydrogens is 256 g/mol. The van der Waals surface area contributed by atoms with E-state index < -0.39 is 0 Å². The minimum atomic E-state index is 0.309. The van der Waals surface area contributed by atoms with Gasteiger partial charge in [-0.2, -0.15) is 20.1 Å². The molecule has 0 spiro atoms. The van der Waals surface area contributed by atoms with E-state index in [0.29, 0.717) is 24.5 Å². The Balaban J connectivity index is 2.40. The van der Waals surface area contributed by atoms with Crippen molar-refractivity contribution in [2.45, 2.75) is 34.1 Å². The Morgan fingerprint density at radius 3 is 2.60 bits per heavy atom. The molecule has 108 valence electrons. The van der Waals surface area contributed by atoms with Crippen LogP contribution in [-0.2, 0) is 0 Å². The normalized spacial score (nSPS) is 10.6. The van der Waals surface area contributed by atoms with Crippen LogP contribution in [0.3, 0.4) is 0 Å². The summed E-state index contributed by atoms with van der Waals surface area (Å²) in [4.78, 5) is 12.9. The van der Waals surface area contributed by atoms with Gasteiger partial charge in [0.2, 0.25) is 5.95 Å². The summed E-state index contributed by atoms with van der Waals surface area (Å²) < 4.78 is 7.08. The number of ether oxygens (including phenoxy) is 1. The average molecular weight is 276 g/mol. The highest BCUT2D eigenvalue weighted by atomic mass is 16.5. The molecule has 0 radical (unpaired) electrons. The largest absolute Gasteiger partial charge is 0.464 e. The maximum Gasteiger partial charge on any atom is 0.323 e. The summed E-state index contributed by atoms with van der Waals surface area (Å²) in [5.74, 6) is 0.973. The van der Waals surface area contributed by atoms with Gasteiger partial charge < -0.3 is 10.1 Å². The molecule has 0 atom stereocenters. The quantitative estimate of drug-likeness (QED) is 0.868. The van der Waals surface area contributed by atoms with Crippen LogP contribution in [0.5, 0.6) is 6.01 Å². The zero-order valence-electron chi connectivity index (χ0n) is 12.3. The number of nitrogens with zero attached hydrogens (tertiary/aromatic N) is 5. The van der Waals surface area contributed by atoms with E-state index in [1.165, 1.54) is 0 Å². The molecule has 0 saturated heterocycles. The molecule has 2 aromatic rings. The van der Waals surface area contributed by atoms with Gasteiger partial charge in [0.1, 0.15) is 0 Å². The van der Waals surface area contributed by atoms with Crippen molar-refractivity contribution < 1.29 is 4.74 Å². The molecule has 1 N–H and O–H groups in total. The molecule has 2 rings (SSSR count). The van der Waals surface area contributed by atoms with E-state index in [9.17, 15) is 0 Å². The van der Waals surface area contributed by atoms with Gasteiger partial charge >= 0.3 is 6.01 Å². The number of rotatable bonds is 6. The number of aryl methyl sites for hydroxylation is 2. The number of aromatic nitrogens is 5. The van der Waals surface area contributed by atoms with Crippen LogP contribution in [0, 0.1) is 13.8 Å². The van der Waals surface area contributed by atoms with E-state index >= 15 is 0 Å². The van der Waals surface area contributed by atoms with Gasteiger partial charge in [0, 0.05) is 12.2 Å². The fourth-order valence-electron chi connectivity index (χ4n) is 1.78. The molecular formula is C13H20N6O. The molecule has 0 fully saturated rings. The van der Waals surface area contributed by atoms with Gasteiger partial charge in [0.25, 0.3) is 5.95 Å². The van der Waals surface area contributed by atoms with E-state index in [1.807, 2.05) is 26.8 Å². The lowest BCUT2D eigenvalue weighted by atomic mass is 10.4. The predicted octanol–water partition coefficient (Wildman–Crippen LogP) is 1.89. The summed E-state index contributed by atoms with van der Waals surface area (Å²) in [6, 6.07) is 2.28. The Morgan fingerprint density at radius 1 is 1.20 bits per heavy atom. The summed E-state index contributed by atoms with van der Waals surface area (Å²) in [6.07, 6.45) is 0.991. The first-order chi connectivity index (χ1) is 9.63. The monoisotopic (exact) mass is 276 g/mol. The molecule has 0 unspecified atom stereocenters. The Hall–Kier alpha value is -2.18. The van der Waals surface area contributed by atoms with Crippen molar-refractivity contribution in [2.24, 2.45) is 0 Å². The lowest BCUT2D eigenvalue weighted by molar-refractivity contribution is 0.311. The lowest BCUT2D eigenvalue weighted by Gasteiger charge is -2.09. The summed E-state index contributed by atoms with van der Waals surface area (Å²) in [6.45, 7) is 9.18. The molecule has 2 heterocycles. The summed E-state index contributed by atoms with van der Waals surface area (Å²) in [7, 11) is 0. The number of hydrogen-bond donors (Lipinski definition) is 1. The highest BCUT2D eigenvalue weighted by Crippen LogP contribution is 2.13. The van der Waals surface area contributed by atoms with Crippen molar-refractivity contribution in [2.75, 3.05) is 18.5 Å². The Kier molecular flexibility index (Phi) is 4.49. The zero-order chi connectivity index (χ0) is 14.5. The van der Waals surface area contributed by atoms with Crippen molar-refractivity contribution in [3.05, 3.63) is 17.5 Å². The minimum absolute atomic E-state index is 0.309. The van der Waals surface area contributed by atoms with Crippen molar-refractivity contribution in [3.63, 3.8) is 0 Å². The molecule has 7 heteroatoms. The zero-order valence-corrected chi connectivity index (χ0v) is 12.3. The SMILES string of the molecule is CCCNc1nc(OCC)nc(-n2nc(C)cc2C)n1. The van der Waals surface area contributed by atoms with Crippen LogP contribution < -0.4 is 10.1 Å². The third-order valence-electron chi connectivity index (χ3n) is 2.61. The van der Waals surface area contributed by atoms with E-state index in [-0.39, 0.29) is 0 Å². The second kappa shape index (κ2) is 6.31. The van der Waals surface area contributed by atoms with Gasteiger partial charge in [-0.3, -0.25) is 0 Å². The van der Waals surface area contributed by atoms with Gasteiger partial charge in [0.15, 0.2) is 0 Å². The van der Waals surface area contributed by atoms with Gasteiger partial charge in [-0.05, 0) is 33.3 Å². The lowest BCUT2D eigenvalue weighted by Crippen LogP contribution is -2.12. The van der Waals surface area contributed by atoms with Crippen molar-refractivity contribution in [3.8, 4) is 12.0 Å². The average Bonchev–Trinajstić information content (AvgIpc) is 2.75. The van der Waals surface area contributed by atoms with Crippen LogP contribution in [0.2, 0.25) is 0 Å². The summed E-state index contributed by atoms with van der Waals surface area (Å²) in [5.41, 5.74) is 1.89. The molecule has 0 amide bonds. The van der Waals surface area contributed by atoms with E-state index in [1.54, 1.807) is 4.68 Å². The fourth-order valence-corrected chi connectivity index (χ4v) is 1.78. The van der Waals surface area contributed by atoms with Crippen LogP contribution in [0.25, 0.3) is 5.95 Å². The summed E-state index contributed by atoms with van der Waals surface area (Å²) >= 11 is 0. The smallest absolute Gasteiger partial charge is 0.323 e.